The number of anilines is 1. The van der Waals surface area contributed by atoms with Crippen LogP contribution in [0.2, 0.25) is 0 Å². The Morgan fingerprint density at radius 3 is 2.63 bits per heavy atom. The van der Waals surface area contributed by atoms with Crippen molar-refractivity contribution < 1.29 is 13.2 Å². The van der Waals surface area contributed by atoms with Crippen LogP contribution in [0.15, 0.2) is 29.4 Å². The first-order valence-corrected chi connectivity index (χ1v) is 11.3. The van der Waals surface area contributed by atoms with Gasteiger partial charge in [0.25, 0.3) is 0 Å². The third-order valence-electron chi connectivity index (χ3n) is 5.33. The maximum Gasteiger partial charge on any atom is 0.451 e. The molecule has 0 unspecified atom stereocenters. The van der Waals surface area contributed by atoms with E-state index in [1.54, 1.807) is 36.0 Å². The van der Waals surface area contributed by atoms with Gasteiger partial charge in [-0.05, 0) is 37.7 Å². The number of aryl methyl sites for hydroxylation is 1. The summed E-state index contributed by atoms with van der Waals surface area (Å²) >= 11 is 1.59. The van der Waals surface area contributed by atoms with Gasteiger partial charge in [-0.3, -0.25) is 0 Å². The summed E-state index contributed by atoms with van der Waals surface area (Å²) in [5.41, 5.74) is 0.271. The summed E-state index contributed by atoms with van der Waals surface area (Å²) in [6.45, 7) is 0.477. The minimum absolute atomic E-state index is 0.204. The van der Waals surface area contributed by atoms with Gasteiger partial charge in [0.05, 0.1) is 5.52 Å². The van der Waals surface area contributed by atoms with Gasteiger partial charge in [0, 0.05) is 24.4 Å². The van der Waals surface area contributed by atoms with Crippen LogP contribution in [0.25, 0.3) is 10.9 Å². The summed E-state index contributed by atoms with van der Waals surface area (Å²) in [7, 11) is 0. The zero-order chi connectivity index (χ0) is 21.1. The Morgan fingerprint density at radius 1 is 1.13 bits per heavy atom. The molecule has 0 bridgehead atoms. The highest BCUT2D eigenvalue weighted by Crippen LogP contribution is 2.34. The number of alkyl halides is 3. The Bertz CT molecular complexity index is 1010. The quantitative estimate of drug-likeness (QED) is 0.409. The van der Waals surface area contributed by atoms with E-state index in [2.05, 4.69) is 30.0 Å². The molecule has 30 heavy (non-hydrogen) atoms. The van der Waals surface area contributed by atoms with Crippen molar-refractivity contribution >= 4 is 28.5 Å². The van der Waals surface area contributed by atoms with E-state index in [0.29, 0.717) is 30.8 Å². The molecule has 0 aliphatic heterocycles. The van der Waals surface area contributed by atoms with E-state index in [9.17, 15) is 13.2 Å². The molecule has 1 saturated carbocycles. The average molecular weight is 437 g/mol. The highest BCUT2D eigenvalue weighted by molar-refractivity contribution is 7.98. The fraction of sp³-hybridized carbons (Fsp3) is 0.500. The molecule has 1 N–H and O–H groups in total. The predicted molar refractivity (Wildman–Crippen MR) is 111 cm³/mol. The van der Waals surface area contributed by atoms with Gasteiger partial charge < -0.3 is 9.88 Å². The van der Waals surface area contributed by atoms with Crippen LogP contribution >= 0.6 is 11.8 Å². The number of hydrogen-bond acceptors (Lipinski definition) is 6. The molecule has 0 atom stereocenters. The average Bonchev–Trinajstić information content (AvgIpc) is 3.39. The Balaban J connectivity index is 1.47. The topological polar surface area (TPSA) is 68.5 Å². The number of thioether (sulfide) groups is 1. The zero-order valence-electron chi connectivity index (χ0n) is 16.6. The fourth-order valence-corrected chi connectivity index (χ4v) is 4.51. The van der Waals surface area contributed by atoms with Crippen molar-refractivity contribution in [1.82, 2.24) is 24.7 Å². The number of rotatable bonds is 7. The van der Waals surface area contributed by atoms with Crippen LogP contribution in [0.1, 0.15) is 49.8 Å². The number of hydrogen-bond donors (Lipinski definition) is 1. The summed E-state index contributed by atoms with van der Waals surface area (Å²) in [6, 6.07) is 7.16. The van der Waals surface area contributed by atoms with E-state index < -0.39 is 12.0 Å². The summed E-state index contributed by atoms with van der Waals surface area (Å²) < 4.78 is 41.7. The normalized spacial score (nSPS) is 15.2. The largest absolute Gasteiger partial charge is 0.451 e. The van der Waals surface area contributed by atoms with Crippen LogP contribution in [0, 0.1) is 0 Å². The number of benzene rings is 1. The van der Waals surface area contributed by atoms with E-state index in [0.717, 1.165) is 23.8 Å². The predicted octanol–water partition coefficient (Wildman–Crippen LogP) is 5.12. The van der Waals surface area contributed by atoms with Crippen LogP contribution in [0.4, 0.5) is 19.0 Å². The first kappa shape index (κ1) is 20.9. The molecule has 4 rings (SSSR count). The summed E-state index contributed by atoms with van der Waals surface area (Å²) in [4.78, 5) is 7.38. The lowest BCUT2D eigenvalue weighted by atomic mass is 10.2. The minimum atomic E-state index is -4.59. The minimum Gasteiger partial charge on any atom is -0.369 e. The van der Waals surface area contributed by atoms with Crippen LogP contribution in [0.3, 0.4) is 0 Å². The van der Waals surface area contributed by atoms with Crippen molar-refractivity contribution in [2.75, 3.05) is 18.1 Å². The summed E-state index contributed by atoms with van der Waals surface area (Å²) in [6.07, 6.45) is 3.55. The van der Waals surface area contributed by atoms with Crippen LogP contribution < -0.4 is 5.32 Å². The second-order valence-corrected chi connectivity index (χ2v) is 8.13. The zero-order valence-corrected chi connectivity index (χ0v) is 17.4. The van der Waals surface area contributed by atoms with Crippen molar-refractivity contribution in [2.45, 2.75) is 55.9 Å². The highest BCUT2D eigenvalue weighted by atomic mass is 32.2. The first-order chi connectivity index (χ1) is 14.5. The second-order valence-electron chi connectivity index (χ2n) is 7.35. The van der Waals surface area contributed by atoms with E-state index in [4.69, 9.17) is 0 Å². The number of halogens is 3. The molecule has 0 radical (unpaired) electrons. The smallest absolute Gasteiger partial charge is 0.369 e. The number of aromatic nitrogens is 5. The van der Waals surface area contributed by atoms with Gasteiger partial charge in [0.2, 0.25) is 5.82 Å². The number of nitrogens with one attached hydrogen (secondary N) is 1. The lowest BCUT2D eigenvalue weighted by Crippen LogP contribution is -2.15. The van der Waals surface area contributed by atoms with Gasteiger partial charge in [-0.25, -0.2) is 9.97 Å². The molecular weight excluding hydrogens is 413 g/mol. The Morgan fingerprint density at radius 2 is 1.90 bits per heavy atom. The summed E-state index contributed by atoms with van der Waals surface area (Å²) in [5, 5.41) is 13.2. The SMILES string of the molecule is CSc1nnc(CCCNc2nc(C(F)(F)F)nc3ccccc23)n1C1CCCC1. The number of para-hydroxylation sites is 1. The maximum absolute atomic E-state index is 13.2. The fourth-order valence-electron chi connectivity index (χ4n) is 3.94. The highest BCUT2D eigenvalue weighted by Gasteiger charge is 2.35. The lowest BCUT2D eigenvalue weighted by Gasteiger charge is -2.16. The molecule has 3 aromatic rings. The molecule has 160 valence electrons. The standard InChI is InChI=1S/C20H23F3N6S/c1-30-19-28-27-16(29(19)13-7-2-3-8-13)11-6-12-24-17-14-9-4-5-10-15(14)25-18(26-17)20(21,22)23/h4-5,9-10,13H,2-3,6-8,11-12H2,1H3,(H,24,25,26). The van der Waals surface area contributed by atoms with E-state index in [1.807, 2.05) is 6.26 Å². The molecule has 1 aromatic carbocycles. The molecule has 10 heteroatoms. The lowest BCUT2D eigenvalue weighted by molar-refractivity contribution is -0.144. The van der Waals surface area contributed by atoms with Crippen LogP contribution in [0.5, 0.6) is 0 Å². The van der Waals surface area contributed by atoms with Gasteiger partial charge >= 0.3 is 6.18 Å². The Hall–Kier alpha value is -2.36. The third kappa shape index (κ3) is 4.38. The first-order valence-electron chi connectivity index (χ1n) is 10.0. The van der Waals surface area contributed by atoms with Crippen LogP contribution in [-0.4, -0.2) is 37.5 Å². The van der Waals surface area contributed by atoms with Crippen molar-refractivity contribution in [3.8, 4) is 0 Å². The molecule has 2 aromatic heterocycles. The molecule has 0 saturated heterocycles. The maximum atomic E-state index is 13.2. The van der Waals surface area contributed by atoms with Crippen molar-refractivity contribution in [3.05, 3.63) is 35.9 Å². The van der Waals surface area contributed by atoms with Gasteiger partial charge in [-0.1, -0.05) is 36.7 Å². The molecule has 0 spiro atoms. The van der Waals surface area contributed by atoms with Gasteiger partial charge in [0.15, 0.2) is 5.16 Å². The van der Waals surface area contributed by atoms with E-state index in [-0.39, 0.29) is 11.3 Å². The van der Waals surface area contributed by atoms with Gasteiger partial charge in [-0.2, -0.15) is 13.2 Å². The molecule has 0 amide bonds. The van der Waals surface area contributed by atoms with Gasteiger partial charge in [-0.15, -0.1) is 10.2 Å². The molecular formula is C20H23F3N6S. The molecule has 1 fully saturated rings. The van der Waals surface area contributed by atoms with Crippen LogP contribution in [-0.2, 0) is 12.6 Å². The van der Waals surface area contributed by atoms with Crippen molar-refractivity contribution in [3.63, 3.8) is 0 Å². The number of nitrogens with zero attached hydrogens (tertiary/aromatic N) is 5. The Labute approximate surface area is 176 Å². The van der Waals surface area contributed by atoms with E-state index in [1.165, 1.54) is 12.8 Å². The van der Waals surface area contributed by atoms with Crippen molar-refractivity contribution in [1.29, 1.82) is 0 Å². The van der Waals surface area contributed by atoms with E-state index >= 15 is 0 Å². The Kier molecular flexibility index (Phi) is 6.12. The molecule has 2 heterocycles. The monoisotopic (exact) mass is 436 g/mol. The molecule has 1 aliphatic rings. The number of fused-ring (bicyclic) bond motifs is 1. The molecule has 1 aliphatic carbocycles. The third-order valence-corrected chi connectivity index (χ3v) is 5.98. The van der Waals surface area contributed by atoms with Crippen molar-refractivity contribution in [2.24, 2.45) is 0 Å². The van der Waals surface area contributed by atoms with Gasteiger partial charge in [0.1, 0.15) is 11.6 Å². The summed E-state index contributed by atoms with van der Waals surface area (Å²) in [5.74, 6) is 0.0147. The molecule has 6 nitrogen and oxygen atoms in total. The second kappa shape index (κ2) is 8.79.